The van der Waals surface area contributed by atoms with E-state index < -0.39 is 11.8 Å². The van der Waals surface area contributed by atoms with Crippen LogP contribution in [0.1, 0.15) is 33.6 Å². The molecule has 2 N–H and O–H groups in total. The van der Waals surface area contributed by atoms with Crippen LogP contribution in [-0.4, -0.2) is 28.1 Å². The lowest BCUT2D eigenvalue weighted by Gasteiger charge is -2.25. The molecule has 4 heteroatoms. The van der Waals surface area contributed by atoms with Crippen LogP contribution in [-0.2, 0) is 9.53 Å². The van der Waals surface area contributed by atoms with Gasteiger partial charge in [-0.3, -0.25) is 4.79 Å². The van der Waals surface area contributed by atoms with Gasteiger partial charge in [0.25, 0.3) is 0 Å². The van der Waals surface area contributed by atoms with Crippen molar-refractivity contribution in [1.82, 2.24) is 0 Å². The summed E-state index contributed by atoms with van der Waals surface area (Å²) in [5.74, 6) is -2.25. The van der Waals surface area contributed by atoms with E-state index in [9.17, 15) is 9.90 Å². The van der Waals surface area contributed by atoms with Crippen LogP contribution in [0, 0.1) is 0 Å². The maximum absolute atomic E-state index is 10.2. The Balaban J connectivity index is 3.78. The number of hydrogen-bond acceptors (Lipinski definition) is 3. The van der Waals surface area contributed by atoms with Gasteiger partial charge in [0.1, 0.15) is 0 Å². The Morgan fingerprint density at radius 1 is 1.58 bits per heavy atom. The Bertz CT molecular complexity index is 151. The van der Waals surface area contributed by atoms with Gasteiger partial charge in [-0.1, -0.05) is 0 Å². The van der Waals surface area contributed by atoms with Gasteiger partial charge < -0.3 is 14.9 Å². The molecule has 0 amide bonds. The Kier molecular flexibility index (Phi) is 4.20. The summed E-state index contributed by atoms with van der Waals surface area (Å²) >= 11 is 0. The number of aliphatic hydroxyl groups is 1. The standard InChI is InChI=1S/C8H16O4/c1-6(2)12-8(3,11)5-4-7(9)10/h6,11H,4-5H2,1-3H3,(H,9,10). The van der Waals surface area contributed by atoms with Crippen LogP contribution in [0.15, 0.2) is 0 Å². The lowest BCUT2D eigenvalue weighted by molar-refractivity contribution is -0.215. The third-order valence-corrected chi connectivity index (χ3v) is 1.29. The van der Waals surface area contributed by atoms with Crippen LogP contribution in [0.2, 0.25) is 0 Å². The zero-order valence-corrected chi connectivity index (χ0v) is 7.70. The molecule has 0 rings (SSSR count). The largest absolute Gasteiger partial charge is 0.481 e. The predicted octanol–water partition coefficient (Wildman–Crippen LogP) is 0.985. The highest BCUT2D eigenvalue weighted by atomic mass is 16.6. The predicted molar refractivity (Wildman–Crippen MR) is 43.7 cm³/mol. The molecule has 0 aliphatic rings. The van der Waals surface area contributed by atoms with E-state index in [2.05, 4.69) is 0 Å². The SMILES string of the molecule is CC(C)OC(C)(O)CCC(=O)O. The molecule has 0 aromatic carbocycles. The molecule has 1 unspecified atom stereocenters. The Labute approximate surface area is 72.2 Å². The summed E-state index contributed by atoms with van der Waals surface area (Å²) in [6.07, 6.45) is -0.0750. The number of aliphatic carboxylic acids is 1. The minimum absolute atomic E-state index is 0.0836. The highest BCUT2D eigenvalue weighted by Gasteiger charge is 2.23. The van der Waals surface area contributed by atoms with Gasteiger partial charge in [0.15, 0.2) is 5.79 Å². The van der Waals surface area contributed by atoms with Crippen LogP contribution < -0.4 is 0 Å². The smallest absolute Gasteiger partial charge is 0.303 e. The molecule has 1 atom stereocenters. The van der Waals surface area contributed by atoms with Crippen molar-refractivity contribution in [2.75, 3.05) is 0 Å². The van der Waals surface area contributed by atoms with Crippen molar-refractivity contribution < 1.29 is 19.7 Å². The van der Waals surface area contributed by atoms with Crippen molar-refractivity contribution in [3.63, 3.8) is 0 Å². The molecular weight excluding hydrogens is 160 g/mol. The average molecular weight is 176 g/mol. The van der Waals surface area contributed by atoms with Crippen molar-refractivity contribution >= 4 is 5.97 Å². The topological polar surface area (TPSA) is 66.8 Å². The Morgan fingerprint density at radius 3 is 2.42 bits per heavy atom. The molecule has 0 fully saturated rings. The summed E-state index contributed by atoms with van der Waals surface area (Å²) < 4.78 is 5.08. The van der Waals surface area contributed by atoms with Crippen molar-refractivity contribution in [2.45, 2.75) is 45.5 Å². The summed E-state index contributed by atoms with van der Waals surface area (Å²) in [6, 6.07) is 0. The van der Waals surface area contributed by atoms with Gasteiger partial charge in [-0.25, -0.2) is 0 Å². The summed E-state index contributed by atoms with van der Waals surface area (Å²) in [4.78, 5) is 10.2. The fourth-order valence-corrected chi connectivity index (χ4v) is 0.906. The molecule has 4 nitrogen and oxygen atoms in total. The molecule has 0 radical (unpaired) electrons. The molecule has 0 heterocycles. The minimum atomic E-state index is -1.33. The second kappa shape index (κ2) is 4.42. The van der Waals surface area contributed by atoms with Crippen LogP contribution >= 0.6 is 0 Å². The van der Waals surface area contributed by atoms with Gasteiger partial charge in [-0.15, -0.1) is 0 Å². The molecular formula is C8H16O4. The van der Waals surface area contributed by atoms with Gasteiger partial charge in [0.05, 0.1) is 12.5 Å². The van der Waals surface area contributed by atoms with Gasteiger partial charge in [0.2, 0.25) is 0 Å². The first-order chi connectivity index (χ1) is 5.33. The van der Waals surface area contributed by atoms with Crippen LogP contribution in [0.5, 0.6) is 0 Å². The lowest BCUT2D eigenvalue weighted by Crippen LogP contribution is -2.31. The van der Waals surface area contributed by atoms with Crippen molar-refractivity contribution in [3.05, 3.63) is 0 Å². The minimum Gasteiger partial charge on any atom is -0.481 e. The monoisotopic (exact) mass is 176 g/mol. The van der Waals surface area contributed by atoms with E-state index in [4.69, 9.17) is 9.84 Å². The molecule has 0 spiro atoms. The molecule has 0 saturated carbocycles. The van der Waals surface area contributed by atoms with Crippen LogP contribution in [0.25, 0.3) is 0 Å². The lowest BCUT2D eigenvalue weighted by atomic mass is 10.1. The fourth-order valence-electron chi connectivity index (χ4n) is 0.906. The first-order valence-electron chi connectivity index (χ1n) is 3.95. The van der Waals surface area contributed by atoms with E-state index in [1.54, 1.807) is 13.8 Å². The van der Waals surface area contributed by atoms with Crippen molar-refractivity contribution in [1.29, 1.82) is 0 Å². The van der Waals surface area contributed by atoms with E-state index in [1.165, 1.54) is 6.92 Å². The maximum Gasteiger partial charge on any atom is 0.303 e. The third-order valence-electron chi connectivity index (χ3n) is 1.29. The highest BCUT2D eigenvalue weighted by Crippen LogP contribution is 2.15. The highest BCUT2D eigenvalue weighted by molar-refractivity contribution is 5.66. The molecule has 0 aromatic heterocycles. The number of carboxylic acid groups (broad SMARTS) is 1. The molecule has 0 aliphatic carbocycles. The number of carboxylic acids is 1. The molecule has 0 bridgehead atoms. The number of carbonyl (C=O) groups is 1. The van der Waals surface area contributed by atoms with Crippen molar-refractivity contribution in [3.8, 4) is 0 Å². The first kappa shape index (κ1) is 11.4. The molecule has 0 saturated heterocycles. The van der Waals surface area contributed by atoms with E-state index in [1.807, 2.05) is 0 Å². The molecule has 0 aliphatic heterocycles. The van der Waals surface area contributed by atoms with Gasteiger partial charge in [-0.05, 0) is 20.8 Å². The number of ether oxygens (including phenoxy) is 1. The second-order valence-electron chi connectivity index (χ2n) is 3.24. The third kappa shape index (κ3) is 6.12. The Morgan fingerprint density at radius 2 is 2.08 bits per heavy atom. The van der Waals surface area contributed by atoms with E-state index in [0.29, 0.717) is 0 Å². The molecule has 72 valence electrons. The van der Waals surface area contributed by atoms with Crippen LogP contribution in [0.4, 0.5) is 0 Å². The fraction of sp³-hybridized carbons (Fsp3) is 0.875. The zero-order valence-electron chi connectivity index (χ0n) is 7.70. The normalized spacial score (nSPS) is 16.1. The second-order valence-corrected chi connectivity index (χ2v) is 3.24. The number of rotatable bonds is 5. The van der Waals surface area contributed by atoms with Crippen molar-refractivity contribution in [2.24, 2.45) is 0 Å². The van der Waals surface area contributed by atoms with Crippen LogP contribution in [0.3, 0.4) is 0 Å². The van der Waals surface area contributed by atoms with Gasteiger partial charge >= 0.3 is 5.97 Å². The summed E-state index contributed by atoms with van der Waals surface area (Å²) in [5.41, 5.74) is 0. The molecule has 0 aromatic rings. The van der Waals surface area contributed by atoms with Gasteiger partial charge in [-0.2, -0.15) is 0 Å². The van der Waals surface area contributed by atoms with E-state index >= 15 is 0 Å². The Hall–Kier alpha value is -0.610. The molecule has 12 heavy (non-hydrogen) atoms. The summed E-state index contributed by atoms with van der Waals surface area (Å²) in [6.45, 7) is 5.04. The quantitative estimate of drug-likeness (QED) is 0.613. The summed E-state index contributed by atoms with van der Waals surface area (Å²) in [5, 5.41) is 17.8. The first-order valence-corrected chi connectivity index (χ1v) is 3.95. The van der Waals surface area contributed by atoms with Gasteiger partial charge in [0, 0.05) is 6.42 Å². The number of hydrogen-bond donors (Lipinski definition) is 2. The summed E-state index contributed by atoms with van der Waals surface area (Å²) in [7, 11) is 0. The maximum atomic E-state index is 10.2. The van der Waals surface area contributed by atoms with E-state index in [-0.39, 0.29) is 18.9 Å². The average Bonchev–Trinajstić information content (AvgIpc) is 1.81. The van der Waals surface area contributed by atoms with E-state index in [0.717, 1.165) is 0 Å². The zero-order chi connectivity index (χ0) is 9.78.